The van der Waals surface area contributed by atoms with Crippen molar-refractivity contribution in [2.24, 2.45) is 0 Å². The van der Waals surface area contributed by atoms with Crippen LogP contribution in [-0.2, 0) is 15.2 Å². The molecule has 3 nitrogen and oxygen atoms in total. The number of rotatable bonds is 9. The highest BCUT2D eigenvalue weighted by Gasteiger charge is 2.36. The molecule has 0 saturated carbocycles. The standard InChI is InChI=1S/C31H34O3S2/c1-4-6-8-9-19-31(35-20-21-36-31)27-17-15-24(16-18-27)29-26(10-7-5-2)22-28(34-29)23-11-13-25(14-12-23)30(32)33-3/h11-18,22H,4-8,10,20-21H2,1-3H3. The normalized spacial score (nSPS) is 14.3. The Bertz CT molecular complexity index is 1210. The molecule has 0 bridgehead atoms. The smallest absolute Gasteiger partial charge is 0.337 e. The molecule has 1 fully saturated rings. The van der Waals surface area contributed by atoms with Crippen molar-refractivity contribution in [1.82, 2.24) is 0 Å². The lowest BCUT2D eigenvalue weighted by Crippen LogP contribution is -2.11. The molecule has 3 aromatic rings. The second kappa shape index (κ2) is 12.6. The minimum absolute atomic E-state index is 0.160. The predicted octanol–water partition coefficient (Wildman–Crippen LogP) is 8.57. The Kier molecular flexibility index (Phi) is 9.29. The predicted molar refractivity (Wildman–Crippen MR) is 153 cm³/mol. The number of hydrogen-bond donors (Lipinski definition) is 0. The topological polar surface area (TPSA) is 39.4 Å². The highest BCUT2D eigenvalue weighted by molar-refractivity contribution is 8.21. The summed E-state index contributed by atoms with van der Waals surface area (Å²) in [6.45, 7) is 4.42. The minimum Gasteiger partial charge on any atom is -0.465 e. The highest BCUT2D eigenvalue weighted by Crippen LogP contribution is 2.51. The zero-order valence-corrected chi connectivity index (χ0v) is 23.0. The van der Waals surface area contributed by atoms with E-state index in [9.17, 15) is 4.79 Å². The van der Waals surface area contributed by atoms with E-state index < -0.39 is 0 Å². The zero-order valence-electron chi connectivity index (χ0n) is 21.4. The SMILES string of the molecule is CCCCC#CC1(c2ccc(-c3oc(-c4ccc(C(=O)OC)cc4)cc3CCCC)cc2)SCCS1. The summed E-state index contributed by atoms with van der Waals surface area (Å²) in [6.07, 6.45) is 6.50. The van der Waals surface area contributed by atoms with Gasteiger partial charge in [-0.2, -0.15) is 0 Å². The van der Waals surface area contributed by atoms with E-state index in [1.807, 2.05) is 35.7 Å². The number of methoxy groups -OCH3 is 1. The molecule has 0 radical (unpaired) electrons. The summed E-state index contributed by atoms with van der Waals surface area (Å²) in [6, 6.07) is 18.4. The van der Waals surface area contributed by atoms with Crippen LogP contribution in [0.25, 0.3) is 22.6 Å². The average molecular weight is 519 g/mol. The lowest BCUT2D eigenvalue weighted by atomic mass is 10.0. The zero-order chi connectivity index (χ0) is 25.4. The largest absolute Gasteiger partial charge is 0.465 e. The van der Waals surface area contributed by atoms with Crippen LogP contribution in [0.3, 0.4) is 0 Å². The van der Waals surface area contributed by atoms with Gasteiger partial charge in [0.05, 0.1) is 12.7 Å². The number of benzene rings is 2. The Hall–Kier alpha value is -2.55. The molecule has 36 heavy (non-hydrogen) atoms. The van der Waals surface area contributed by atoms with Gasteiger partial charge in [-0.1, -0.05) is 69.0 Å². The van der Waals surface area contributed by atoms with Gasteiger partial charge in [0.2, 0.25) is 0 Å². The summed E-state index contributed by atoms with van der Waals surface area (Å²) in [5, 5.41) is 0. The third-order valence-corrected chi connectivity index (χ3v) is 9.60. The van der Waals surface area contributed by atoms with E-state index in [-0.39, 0.29) is 10.0 Å². The molecular weight excluding hydrogens is 484 g/mol. The van der Waals surface area contributed by atoms with Crippen LogP contribution >= 0.6 is 23.5 Å². The van der Waals surface area contributed by atoms with Gasteiger partial charge in [0.1, 0.15) is 15.6 Å². The number of unbranched alkanes of at least 4 members (excludes halogenated alkanes) is 3. The van der Waals surface area contributed by atoms with Crippen molar-refractivity contribution >= 4 is 29.5 Å². The molecule has 0 atom stereocenters. The van der Waals surface area contributed by atoms with Crippen LogP contribution in [0.1, 0.15) is 67.4 Å². The molecule has 0 unspecified atom stereocenters. The molecule has 0 aliphatic carbocycles. The molecule has 188 valence electrons. The number of carbonyl (C=O) groups is 1. The van der Waals surface area contributed by atoms with Crippen LogP contribution in [0.15, 0.2) is 59.0 Å². The van der Waals surface area contributed by atoms with Crippen LogP contribution in [-0.4, -0.2) is 24.6 Å². The van der Waals surface area contributed by atoms with Crippen molar-refractivity contribution in [2.75, 3.05) is 18.6 Å². The van der Waals surface area contributed by atoms with Crippen LogP contribution in [0.2, 0.25) is 0 Å². The van der Waals surface area contributed by atoms with Crippen LogP contribution in [0.5, 0.6) is 0 Å². The molecule has 4 rings (SSSR count). The first-order valence-corrected chi connectivity index (χ1v) is 14.8. The van der Waals surface area contributed by atoms with Gasteiger partial charge in [-0.3, -0.25) is 0 Å². The van der Waals surface area contributed by atoms with Crippen LogP contribution < -0.4 is 0 Å². The van der Waals surface area contributed by atoms with Crippen molar-refractivity contribution in [3.8, 4) is 34.5 Å². The van der Waals surface area contributed by atoms with Gasteiger partial charge in [-0.25, -0.2) is 4.79 Å². The summed E-state index contributed by atoms with van der Waals surface area (Å²) >= 11 is 3.91. The monoisotopic (exact) mass is 518 g/mol. The van der Waals surface area contributed by atoms with E-state index in [0.29, 0.717) is 5.56 Å². The summed E-state index contributed by atoms with van der Waals surface area (Å²) in [7, 11) is 1.39. The second-order valence-electron chi connectivity index (χ2n) is 8.93. The Balaban J connectivity index is 1.63. The quantitative estimate of drug-likeness (QED) is 0.161. The summed E-state index contributed by atoms with van der Waals surface area (Å²) < 4.78 is 11.1. The lowest BCUT2D eigenvalue weighted by Gasteiger charge is -2.21. The number of esters is 1. The molecule has 1 saturated heterocycles. The molecule has 0 amide bonds. The molecule has 2 aromatic carbocycles. The molecule has 0 N–H and O–H groups in total. The van der Waals surface area contributed by atoms with Crippen molar-refractivity contribution in [3.05, 3.63) is 71.3 Å². The number of aryl methyl sites for hydroxylation is 1. The number of furan rings is 1. The van der Waals surface area contributed by atoms with Gasteiger partial charge >= 0.3 is 5.97 Å². The molecular formula is C31H34O3S2. The Morgan fingerprint density at radius 1 is 0.972 bits per heavy atom. The number of thioether (sulfide) groups is 2. The van der Waals surface area contributed by atoms with Crippen LogP contribution in [0.4, 0.5) is 0 Å². The van der Waals surface area contributed by atoms with E-state index in [0.717, 1.165) is 66.3 Å². The van der Waals surface area contributed by atoms with E-state index in [2.05, 4.69) is 56.0 Å². The number of hydrogen-bond acceptors (Lipinski definition) is 5. The van der Waals surface area contributed by atoms with E-state index in [1.54, 1.807) is 12.1 Å². The van der Waals surface area contributed by atoms with Gasteiger partial charge < -0.3 is 9.15 Å². The number of carbonyl (C=O) groups excluding carboxylic acids is 1. The fourth-order valence-electron chi connectivity index (χ4n) is 4.27. The van der Waals surface area contributed by atoms with E-state index in [4.69, 9.17) is 9.15 Å². The molecule has 5 heteroatoms. The average Bonchev–Trinajstić information content (AvgIpc) is 3.58. The fourth-order valence-corrected chi connectivity index (χ4v) is 7.23. The van der Waals surface area contributed by atoms with Crippen molar-refractivity contribution in [2.45, 2.75) is 56.5 Å². The fraction of sp³-hybridized carbons (Fsp3) is 0.387. The highest BCUT2D eigenvalue weighted by atomic mass is 32.2. The lowest BCUT2D eigenvalue weighted by molar-refractivity contribution is 0.0600. The molecule has 1 aliphatic heterocycles. The Morgan fingerprint density at radius 3 is 2.28 bits per heavy atom. The van der Waals surface area contributed by atoms with Gasteiger partial charge in [-0.15, -0.1) is 29.4 Å². The Morgan fingerprint density at radius 2 is 1.64 bits per heavy atom. The Labute approximate surface area is 223 Å². The summed E-state index contributed by atoms with van der Waals surface area (Å²) in [4.78, 5) is 11.8. The second-order valence-corrected chi connectivity index (χ2v) is 11.8. The van der Waals surface area contributed by atoms with E-state index >= 15 is 0 Å². The maximum Gasteiger partial charge on any atom is 0.337 e. The van der Waals surface area contributed by atoms with E-state index in [1.165, 1.54) is 24.7 Å². The maximum absolute atomic E-state index is 11.8. The molecule has 1 aromatic heterocycles. The van der Waals surface area contributed by atoms with Gasteiger partial charge in [0.25, 0.3) is 0 Å². The summed E-state index contributed by atoms with van der Waals surface area (Å²) in [5.41, 5.74) is 5.05. The maximum atomic E-state index is 11.8. The first-order valence-electron chi connectivity index (χ1n) is 12.8. The van der Waals surface area contributed by atoms with Crippen molar-refractivity contribution in [3.63, 3.8) is 0 Å². The van der Waals surface area contributed by atoms with Crippen molar-refractivity contribution < 1.29 is 13.9 Å². The third-order valence-electron chi connectivity index (χ3n) is 6.33. The van der Waals surface area contributed by atoms with Crippen molar-refractivity contribution in [1.29, 1.82) is 0 Å². The molecule has 2 heterocycles. The molecule has 1 aliphatic rings. The van der Waals surface area contributed by atoms with Gasteiger partial charge in [0, 0.05) is 29.1 Å². The van der Waals surface area contributed by atoms with Gasteiger partial charge in [0.15, 0.2) is 0 Å². The minimum atomic E-state index is -0.336. The van der Waals surface area contributed by atoms with Crippen LogP contribution in [0, 0.1) is 11.8 Å². The summed E-state index contributed by atoms with van der Waals surface area (Å²) in [5.74, 6) is 10.7. The van der Waals surface area contributed by atoms with Gasteiger partial charge in [-0.05, 0) is 48.6 Å². The first kappa shape index (κ1) is 26.5. The third kappa shape index (κ3) is 6.05. The molecule has 0 spiro atoms. The number of ether oxygens (including phenoxy) is 1. The first-order chi connectivity index (χ1) is 17.6.